The van der Waals surface area contributed by atoms with Crippen molar-refractivity contribution < 1.29 is 18.7 Å². The van der Waals surface area contributed by atoms with Crippen LogP contribution in [-0.4, -0.2) is 39.7 Å². The van der Waals surface area contributed by atoms with Gasteiger partial charge in [0.05, 0.1) is 12.6 Å². The fraction of sp³-hybridized carbons (Fsp3) is 0.381. The summed E-state index contributed by atoms with van der Waals surface area (Å²) in [6.07, 6.45) is 0.950. The number of nitrogens with zero attached hydrogens (tertiary/aromatic N) is 2. The molecule has 1 aromatic heterocycles. The molecular weight excluding hydrogens is 350 g/mol. The Balaban J connectivity index is 1.47. The van der Waals surface area contributed by atoms with Gasteiger partial charge in [0, 0.05) is 41.3 Å². The second-order valence-corrected chi connectivity index (χ2v) is 7.85. The number of hydrogen-bond acceptors (Lipinski definition) is 2. The number of amides is 1. The van der Waals surface area contributed by atoms with Crippen molar-refractivity contribution in [3.05, 3.63) is 48.0 Å². The molecule has 1 amide bonds. The van der Waals surface area contributed by atoms with Crippen molar-refractivity contribution in [3.63, 3.8) is 0 Å². The molecule has 3 unspecified atom stereocenters. The molecule has 1 N–H and O–H groups in total. The van der Waals surface area contributed by atoms with E-state index in [1.807, 2.05) is 4.57 Å². The molecule has 3 atom stereocenters. The molecule has 2 aliphatic rings. The van der Waals surface area contributed by atoms with Crippen LogP contribution in [0.4, 0.5) is 8.78 Å². The van der Waals surface area contributed by atoms with Crippen LogP contribution in [0.3, 0.4) is 0 Å². The molecule has 4 nitrogen and oxygen atoms in total. The summed E-state index contributed by atoms with van der Waals surface area (Å²) in [5.41, 5.74) is 1.48. The lowest BCUT2D eigenvalue weighted by molar-refractivity contribution is -0.135. The van der Waals surface area contributed by atoms with Gasteiger partial charge in [0.1, 0.15) is 11.6 Å². The predicted molar refractivity (Wildman–Crippen MR) is 98.2 cm³/mol. The van der Waals surface area contributed by atoms with Crippen LogP contribution in [0.15, 0.2) is 36.4 Å². The molecule has 1 saturated heterocycles. The number of hydrogen-bond donors (Lipinski definition) is 1. The second kappa shape index (κ2) is 6.02. The number of β-amino-alcohol motifs (C(OH)–C–C–N with tert-alkyl or cyclic N) is 1. The van der Waals surface area contributed by atoms with Crippen molar-refractivity contribution in [1.29, 1.82) is 0 Å². The minimum absolute atomic E-state index is 0.110. The monoisotopic (exact) mass is 370 g/mol. The summed E-state index contributed by atoms with van der Waals surface area (Å²) < 4.78 is 29.3. The summed E-state index contributed by atoms with van der Waals surface area (Å²) in [5.74, 6) is 0.481. The highest BCUT2D eigenvalue weighted by molar-refractivity contribution is 6.08. The fourth-order valence-corrected chi connectivity index (χ4v) is 4.47. The molecular formula is C21H20F2N2O2. The lowest BCUT2D eigenvalue weighted by Crippen LogP contribution is -2.42. The van der Waals surface area contributed by atoms with Gasteiger partial charge in [0.2, 0.25) is 5.91 Å². The molecule has 2 fully saturated rings. The number of benzene rings is 2. The van der Waals surface area contributed by atoms with Gasteiger partial charge in [-0.3, -0.25) is 4.79 Å². The van der Waals surface area contributed by atoms with E-state index in [1.165, 1.54) is 24.3 Å². The minimum atomic E-state index is -0.752. The molecule has 0 spiro atoms. The maximum atomic E-state index is 13.7. The van der Waals surface area contributed by atoms with Crippen LogP contribution in [0, 0.1) is 23.5 Å². The number of halogens is 2. The maximum absolute atomic E-state index is 13.7. The van der Waals surface area contributed by atoms with Gasteiger partial charge in [-0.15, -0.1) is 0 Å². The molecule has 0 radical (unpaired) electrons. The highest BCUT2D eigenvalue weighted by Crippen LogP contribution is 2.45. The molecule has 1 aliphatic heterocycles. The van der Waals surface area contributed by atoms with Crippen molar-refractivity contribution in [2.45, 2.75) is 25.5 Å². The number of piperidine rings is 1. The number of carbonyl (C=O) groups excluding carboxylic acids is 1. The number of carbonyl (C=O) groups is 1. The standard InChI is InChI=1S/C21H20F2N2O2/c22-14-1-3-19-17(7-14)18-8-15(23)2-4-20(18)25(19)11-16(26)10-24-9-13-5-12(13)6-21(24)27/h1-4,7-8,12-13,16,26H,5-6,9-11H2. The van der Waals surface area contributed by atoms with E-state index in [0.717, 1.165) is 24.0 Å². The van der Waals surface area contributed by atoms with Crippen LogP contribution < -0.4 is 0 Å². The minimum Gasteiger partial charge on any atom is -0.389 e. The Labute approximate surface area is 155 Å². The third-order valence-corrected chi connectivity index (χ3v) is 5.93. The Morgan fingerprint density at radius 2 is 1.63 bits per heavy atom. The topological polar surface area (TPSA) is 45.5 Å². The highest BCUT2D eigenvalue weighted by atomic mass is 19.1. The first-order chi connectivity index (χ1) is 13.0. The summed E-state index contributed by atoms with van der Waals surface area (Å²) >= 11 is 0. The van der Waals surface area contributed by atoms with E-state index in [1.54, 1.807) is 17.0 Å². The van der Waals surface area contributed by atoms with Crippen LogP contribution >= 0.6 is 0 Å². The van der Waals surface area contributed by atoms with E-state index in [9.17, 15) is 18.7 Å². The Hall–Kier alpha value is -2.47. The van der Waals surface area contributed by atoms with Gasteiger partial charge in [-0.1, -0.05) is 0 Å². The van der Waals surface area contributed by atoms with Crippen LogP contribution in [0.1, 0.15) is 12.8 Å². The van der Waals surface area contributed by atoms with E-state index in [-0.39, 0.29) is 30.6 Å². The molecule has 140 valence electrons. The van der Waals surface area contributed by atoms with Gasteiger partial charge in [-0.05, 0) is 54.7 Å². The third-order valence-electron chi connectivity index (χ3n) is 5.93. The molecule has 1 aliphatic carbocycles. The summed E-state index contributed by atoms with van der Waals surface area (Å²) in [7, 11) is 0. The highest BCUT2D eigenvalue weighted by Gasteiger charge is 2.45. The molecule has 27 heavy (non-hydrogen) atoms. The van der Waals surface area contributed by atoms with Crippen molar-refractivity contribution in [2.24, 2.45) is 11.8 Å². The molecule has 2 aromatic carbocycles. The van der Waals surface area contributed by atoms with Crippen molar-refractivity contribution in [1.82, 2.24) is 9.47 Å². The molecule has 3 aromatic rings. The third kappa shape index (κ3) is 2.88. The molecule has 1 saturated carbocycles. The first-order valence-electron chi connectivity index (χ1n) is 9.32. The first-order valence-corrected chi connectivity index (χ1v) is 9.32. The summed E-state index contributed by atoms with van der Waals surface area (Å²) in [6, 6.07) is 8.80. The summed E-state index contributed by atoms with van der Waals surface area (Å²) in [4.78, 5) is 13.9. The largest absolute Gasteiger partial charge is 0.389 e. The average Bonchev–Trinajstić information content (AvgIpc) is 3.31. The lowest BCUT2D eigenvalue weighted by atomic mass is 10.1. The zero-order valence-electron chi connectivity index (χ0n) is 14.7. The summed E-state index contributed by atoms with van der Waals surface area (Å²) in [5, 5.41) is 11.9. The van der Waals surface area contributed by atoms with Crippen LogP contribution in [0.25, 0.3) is 21.8 Å². The van der Waals surface area contributed by atoms with E-state index in [2.05, 4.69) is 0 Å². The number of aliphatic hydroxyl groups excluding tert-OH is 1. The van der Waals surface area contributed by atoms with Crippen molar-refractivity contribution >= 4 is 27.7 Å². The maximum Gasteiger partial charge on any atom is 0.222 e. The Morgan fingerprint density at radius 3 is 2.26 bits per heavy atom. The molecule has 0 bridgehead atoms. The van der Waals surface area contributed by atoms with Gasteiger partial charge in [-0.25, -0.2) is 8.78 Å². The Kier molecular flexibility index (Phi) is 3.72. The SMILES string of the molecule is O=C1CC2CC2CN1CC(O)Cn1c2ccc(F)cc2c2cc(F)ccc21. The number of fused-ring (bicyclic) bond motifs is 4. The Bertz CT molecular complexity index is 1000. The van der Waals surface area contributed by atoms with Gasteiger partial charge >= 0.3 is 0 Å². The van der Waals surface area contributed by atoms with Crippen molar-refractivity contribution in [2.75, 3.05) is 13.1 Å². The first kappa shape index (κ1) is 16.7. The van der Waals surface area contributed by atoms with Gasteiger partial charge in [0.25, 0.3) is 0 Å². The number of aromatic nitrogens is 1. The fourth-order valence-electron chi connectivity index (χ4n) is 4.47. The van der Waals surface area contributed by atoms with Crippen molar-refractivity contribution in [3.8, 4) is 0 Å². The second-order valence-electron chi connectivity index (χ2n) is 7.85. The predicted octanol–water partition coefficient (Wildman–Crippen LogP) is 3.30. The van der Waals surface area contributed by atoms with Gasteiger partial charge in [0.15, 0.2) is 0 Å². The normalized spacial score (nSPS) is 23.1. The molecule has 6 heteroatoms. The Morgan fingerprint density at radius 1 is 1.00 bits per heavy atom. The quantitative estimate of drug-likeness (QED) is 0.766. The zero-order chi connectivity index (χ0) is 18.7. The van der Waals surface area contributed by atoms with E-state index < -0.39 is 6.10 Å². The number of aliphatic hydroxyl groups is 1. The smallest absolute Gasteiger partial charge is 0.222 e. The van der Waals surface area contributed by atoms with Gasteiger partial charge in [-0.2, -0.15) is 0 Å². The van der Waals surface area contributed by atoms with E-state index >= 15 is 0 Å². The summed E-state index contributed by atoms with van der Waals surface area (Å²) in [6.45, 7) is 1.27. The van der Waals surface area contributed by atoms with Gasteiger partial charge < -0.3 is 14.6 Å². The van der Waals surface area contributed by atoms with Crippen LogP contribution in [-0.2, 0) is 11.3 Å². The molecule has 5 rings (SSSR count). The molecule has 2 heterocycles. The number of rotatable bonds is 4. The zero-order valence-corrected chi connectivity index (χ0v) is 14.7. The average molecular weight is 370 g/mol. The van der Waals surface area contributed by atoms with Crippen LogP contribution in [0.5, 0.6) is 0 Å². The van der Waals surface area contributed by atoms with Crippen LogP contribution in [0.2, 0.25) is 0 Å². The van der Waals surface area contributed by atoms with E-state index in [0.29, 0.717) is 29.0 Å². The number of likely N-dealkylation sites (tertiary alicyclic amines) is 1. The van der Waals surface area contributed by atoms with E-state index in [4.69, 9.17) is 0 Å². The lowest BCUT2D eigenvalue weighted by Gasteiger charge is -2.29.